The summed E-state index contributed by atoms with van der Waals surface area (Å²) in [7, 11) is 0.231. The lowest BCUT2D eigenvalue weighted by atomic mass is 10.2. The second-order valence-corrected chi connectivity index (χ2v) is 4.96. The summed E-state index contributed by atoms with van der Waals surface area (Å²) in [5.41, 5.74) is 0.485. The van der Waals surface area contributed by atoms with E-state index in [9.17, 15) is 4.79 Å². The van der Waals surface area contributed by atoms with Crippen LogP contribution in [-0.2, 0) is 9.16 Å². The minimum atomic E-state index is -0.513. The van der Waals surface area contributed by atoms with Gasteiger partial charge in [-0.15, -0.1) is 0 Å². The molecule has 0 saturated carbocycles. The van der Waals surface area contributed by atoms with Crippen LogP contribution in [0.3, 0.4) is 0 Å². The molecule has 0 aromatic carbocycles. The van der Waals surface area contributed by atoms with Gasteiger partial charge in [-0.2, -0.15) is 0 Å². The molecule has 0 aliphatic rings. The predicted molar refractivity (Wildman–Crippen MR) is 62.0 cm³/mol. The Balaban J connectivity index is 3.64. The Morgan fingerprint density at radius 1 is 1.27 bits per heavy atom. The van der Waals surface area contributed by atoms with Gasteiger partial charge in [-0.1, -0.05) is 40.0 Å². The van der Waals surface area contributed by atoms with Gasteiger partial charge in [-0.25, -0.2) is 4.79 Å². The van der Waals surface area contributed by atoms with E-state index in [0.717, 1.165) is 25.7 Å². The van der Waals surface area contributed by atoms with Gasteiger partial charge in [0.15, 0.2) is 0 Å². The van der Waals surface area contributed by atoms with Gasteiger partial charge in [0.05, 0.1) is 0 Å². The van der Waals surface area contributed by atoms with E-state index in [4.69, 9.17) is 9.16 Å². The van der Waals surface area contributed by atoms with Crippen LogP contribution in [0, 0.1) is 0 Å². The molecule has 0 aliphatic carbocycles. The number of hydrogen-bond acceptors (Lipinski definition) is 3. The van der Waals surface area contributed by atoms with E-state index >= 15 is 0 Å². The Morgan fingerprint density at radius 3 is 2.33 bits per heavy atom. The summed E-state index contributed by atoms with van der Waals surface area (Å²) in [5, 5.41) is 0. The summed E-state index contributed by atoms with van der Waals surface area (Å²) in [6.45, 7) is 8.17. The molecule has 0 bridgehead atoms. The van der Waals surface area contributed by atoms with Crippen molar-refractivity contribution in [1.29, 1.82) is 0 Å². The molecular formula is C11H22O3Si. The monoisotopic (exact) mass is 230 g/mol. The Labute approximate surface area is 95.5 Å². The van der Waals surface area contributed by atoms with Gasteiger partial charge >= 0.3 is 15.9 Å². The summed E-state index contributed by atoms with van der Waals surface area (Å²) in [5.74, 6) is 0. The maximum Gasteiger partial charge on any atom is 0.494 e. The highest BCUT2D eigenvalue weighted by atomic mass is 28.2. The van der Waals surface area contributed by atoms with Gasteiger partial charge in [0.1, 0.15) is 6.10 Å². The van der Waals surface area contributed by atoms with Crippen LogP contribution < -0.4 is 0 Å². The molecule has 0 spiro atoms. The van der Waals surface area contributed by atoms with Crippen LogP contribution >= 0.6 is 0 Å². The van der Waals surface area contributed by atoms with Crippen molar-refractivity contribution >= 4 is 15.9 Å². The van der Waals surface area contributed by atoms with E-state index in [1.54, 1.807) is 0 Å². The zero-order valence-electron chi connectivity index (χ0n) is 10.2. The van der Waals surface area contributed by atoms with Gasteiger partial charge in [-0.3, -0.25) is 0 Å². The second kappa shape index (κ2) is 8.77. The van der Waals surface area contributed by atoms with E-state index < -0.39 is 6.16 Å². The first-order valence-corrected chi connectivity index (χ1v) is 6.75. The minimum absolute atomic E-state index is 0.0333. The smallest absolute Gasteiger partial charge is 0.486 e. The van der Waals surface area contributed by atoms with Gasteiger partial charge < -0.3 is 9.16 Å². The molecule has 1 unspecified atom stereocenters. The van der Waals surface area contributed by atoms with Crippen LogP contribution in [0.5, 0.6) is 0 Å². The lowest BCUT2D eigenvalue weighted by Crippen LogP contribution is -2.19. The third kappa shape index (κ3) is 7.42. The highest BCUT2D eigenvalue weighted by Crippen LogP contribution is 2.13. The molecule has 0 rings (SSSR count). The molecule has 15 heavy (non-hydrogen) atoms. The summed E-state index contributed by atoms with van der Waals surface area (Å²) in [6, 6.07) is 0. The van der Waals surface area contributed by atoms with E-state index in [0.29, 0.717) is 5.54 Å². The summed E-state index contributed by atoms with van der Waals surface area (Å²) >= 11 is 0. The third-order valence-electron chi connectivity index (χ3n) is 2.29. The Morgan fingerprint density at radius 2 is 1.87 bits per heavy atom. The van der Waals surface area contributed by atoms with Crippen molar-refractivity contribution in [3.63, 3.8) is 0 Å². The lowest BCUT2D eigenvalue weighted by Gasteiger charge is -2.14. The molecule has 0 heterocycles. The van der Waals surface area contributed by atoms with Gasteiger partial charge in [0.2, 0.25) is 0 Å². The van der Waals surface area contributed by atoms with Crippen LogP contribution in [0.1, 0.15) is 53.4 Å². The van der Waals surface area contributed by atoms with E-state index in [2.05, 4.69) is 20.8 Å². The molecular weight excluding hydrogens is 208 g/mol. The molecule has 2 radical (unpaired) electrons. The Bertz CT molecular complexity index is 169. The number of carbonyl (C=O) groups is 1. The van der Waals surface area contributed by atoms with Crippen molar-refractivity contribution in [3.8, 4) is 0 Å². The molecule has 0 saturated heterocycles. The number of ether oxygens (including phenoxy) is 1. The van der Waals surface area contributed by atoms with Crippen molar-refractivity contribution in [2.24, 2.45) is 0 Å². The Kier molecular flexibility index (Phi) is 8.47. The fourth-order valence-corrected chi connectivity index (χ4v) is 1.88. The molecule has 0 amide bonds. The number of carbonyl (C=O) groups excluding carboxylic acids is 1. The predicted octanol–water partition coefficient (Wildman–Crippen LogP) is 3.56. The zero-order chi connectivity index (χ0) is 11.7. The molecule has 3 nitrogen and oxygen atoms in total. The van der Waals surface area contributed by atoms with Gasteiger partial charge in [-0.05, 0) is 18.9 Å². The highest BCUT2D eigenvalue weighted by molar-refractivity contribution is 6.32. The fraction of sp³-hybridized carbons (Fsp3) is 0.909. The first kappa shape index (κ1) is 14.5. The molecule has 0 aromatic rings. The lowest BCUT2D eigenvalue weighted by molar-refractivity contribution is 0.0626. The van der Waals surface area contributed by atoms with Crippen molar-refractivity contribution < 1.29 is 14.0 Å². The summed E-state index contributed by atoms with van der Waals surface area (Å²) in [4.78, 5) is 11.2. The largest absolute Gasteiger partial charge is 0.494 e. The topological polar surface area (TPSA) is 35.5 Å². The van der Waals surface area contributed by atoms with Crippen LogP contribution in [0.2, 0.25) is 5.54 Å². The molecule has 0 aliphatic heterocycles. The molecule has 0 fully saturated rings. The van der Waals surface area contributed by atoms with Crippen molar-refractivity contribution in [1.82, 2.24) is 0 Å². The summed E-state index contributed by atoms with van der Waals surface area (Å²) in [6.07, 6.45) is 3.46. The van der Waals surface area contributed by atoms with Gasteiger partial charge in [0.25, 0.3) is 0 Å². The molecule has 4 heteroatoms. The SMILES string of the molecule is CCCC(C)OC(=O)O[Si]C(CC)CC. The Hall–Kier alpha value is -0.513. The van der Waals surface area contributed by atoms with Crippen LogP contribution in [0.15, 0.2) is 0 Å². The molecule has 88 valence electrons. The van der Waals surface area contributed by atoms with Gasteiger partial charge in [0, 0.05) is 0 Å². The highest BCUT2D eigenvalue weighted by Gasteiger charge is 2.14. The number of hydrogen-bond donors (Lipinski definition) is 0. The second-order valence-electron chi connectivity index (χ2n) is 3.70. The zero-order valence-corrected chi connectivity index (χ0v) is 11.2. The fourth-order valence-electron chi connectivity index (χ4n) is 1.24. The van der Waals surface area contributed by atoms with Crippen molar-refractivity contribution in [2.75, 3.05) is 0 Å². The molecule has 0 N–H and O–H groups in total. The van der Waals surface area contributed by atoms with Crippen molar-refractivity contribution in [3.05, 3.63) is 0 Å². The maximum atomic E-state index is 11.2. The molecule has 1 atom stereocenters. The minimum Gasteiger partial charge on any atom is -0.486 e. The average molecular weight is 230 g/mol. The molecule has 0 aromatic heterocycles. The first-order valence-electron chi connectivity index (χ1n) is 5.76. The van der Waals surface area contributed by atoms with E-state index in [1.807, 2.05) is 6.92 Å². The normalized spacial score (nSPS) is 12.6. The third-order valence-corrected chi connectivity index (χ3v) is 3.72. The van der Waals surface area contributed by atoms with E-state index in [1.165, 1.54) is 0 Å². The number of rotatable bonds is 7. The van der Waals surface area contributed by atoms with Crippen LogP contribution in [0.25, 0.3) is 0 Å². The average Bonchev–Trinajstić information content (AvgIpc) is 2.19. The maximum absolute atomic E-state index is 11.2. The first-order chi connectivity index (χ1) is 7.13. The quantitative estimate of drug-likeness (QED) is 0.495. The summed E-state index contributed by atoms with van der Waals surface area (Å²) < 4.78 is 10.1. The standard InChI is InChI=1S/C11H22O3Si/c1-5-8-9(4)13-11(12)14-15-10(6-2)7-3/h9-10H,5-8H2,1-4H3. The van der Waals surface area contributed by atoms with Crippen molar-refractivity contribution in [2.45, 2.75) is 65.0 Å². The van der Waals surface area contributed by atoms with Crippen LogP contribution in [-0.4, -0.2) is 22.0 Å². The van der Waals surface area contributed by atoms with E-state index in [-0.39, 0.29) is 15.9 Å². The van der Waals surface area contributed by atoms with Crippen LogP contribution in [0.4, 0.5) is 4.79 Å².